The van der Waals surface area contributed by atoms with Crippen LogP contribution in [0.4, 0.5) is 4.39 Å². The van der Waals surface area contributed by atoms with Crippen LogP contribution in [0.5, 0.6) is 5.88 Å². The highest BCUT2D eigenvalue weighted by Crippen LogP contribution is 2.18. The molecule has 0 spiro atoms. The highest BCUT2D eigenvalue weighted by molar-refractivity contribution is 6.00. The third kappa shape index (κ3) is 3.18. The van der Waals surface area contributed by atoms with Gasteiger partial charge in [-0.05, 0) is 24.6 Å². The van der Waals surface area contributed by atoms with Crippen molar-refractivity contribution in [2.24, 2.45) is 4.99 Å². The van der Waals surface area contributed by atoms with Crippen molar-refractivity contribution in [2.75, 3.05) is 13.1 Å². The van der Waals surface area contributed by atoms with E-state index >= 15 is 0 Å². The molecule has 0 radical (unpaired) electrons. The summed E-state index contributed by atoms with van der Waals surface area (Å²) in [6.07, 6.45) is 2.68. The van der Waals surface area contributed by atoms with E-state index in [0.717, 1.165) is 30.9 Å². The van der Waals surface area contributed by atoms with E-state index in [2.05, 4.69) is 15.3 Å². The van der Waals surface area contributed by atoms with Crippen LogP contribution in [0.25, 0.3) is 0 Å². The van der Waals surface area contributed by atoms with Crippen LogP contribution in [0.1, 0.15) is 17.5 Å². The summed E-state index contributed by atoms with van der Waals surface area (Å²) >= 11 is 0. The van der Waals surface area contributed by atoms with Crippen molar-refractivity contribution in [2.45, 2.75) is 13.0 Å². The van der Waals surface area contributed by atoms with E-state index in [0.29, 0.717) is 11.4 Å². The highest BCUT2D eigenvalue weighted by Gasteiger charge is 2.14. The second kappa shape index (κ2) is 6.35. The van der Waals surface area contributed by atoms with Crippen molar-refractivity contribution in [3.8, 4) is 5.88 Å². The fraction of sp³-hybridized carbons (Fsp3) is 0.250. The van der Waals surface area contributed by atoms with E-state index in [1.165, 1.54) is 6.07 Å². The number of pyridine rings is 1. The van der Waals surface area contributed by atoms with Gasteiger partial charge in [-0.2, -0.15) is 0 Å². The molecule has 1 aliphatic rings. The summed E-state index contributed by atoms with van der Waals surface area (Å²) in [7, 11) is 0. The molecule has 0 saturated heterocycles. The van der Waals surface area contributed by atoms with E-state index in [9.17, 15) is 4.39 Å². The average Bonchev–Trinajstić information content (AvgIpc) is 2.55. The monoisotopic (exact) mass is 285 g/mol. The van der Waals surface area contributed by atoms with E-state index < -0.39 is 0 Å². The summed E-state index contributed by atoms with van der Waals surface area (Å²) in [6.45, 7) is 1.83. The van der Waals surface area contributed by atoms with Crippen molar-refractivity contribution in [1.82, 2.24) is 10.3 Å². The molecular formula is C16H16FN3O. The zero-order valence-electron chi connectivity index (χ0n) is 11.6. The van der Waals surface area contributed by atoms with Crippen LogP contribution in [0, 0.1) is 5.82 Å². The Bertz CT molecular complexity index is 657. The van der Waals surface area contributed by atoms with Gasteiger partial charge in [0.05, 0.1) is 5.56 Å². The third-order valence-electron chi connectivity index (χ3n) is 3.25. The van der Waals surface area contributed by atoms with Gasteiger partial charge in [-0.1, -0.05) is 18.2 Å². The van der Waals surface area contributed by atoms with Crippen molar-refractivity contribution in [3.05, 3.63) is 59.5 Å². The second-order valence-corrected chi connectivity index (χ2v) is 4.75. The van der Waals surface area contributed by atoms with E-state index in [-0.39, 0.29) is 12.4 Å². The minimum Gasteiger partial charge on any atom is -0.472 e. The predicted octanol–water partition coefficient (Wildman–Crippen LogP) is 2.54. The maximum atomic E-state index is 13.6. The molecule has 0 aliphatic carbocycles. The van der Waals surface area contributed by atoms with Gasteiger partial charge in [0.2, 0.25) is 5.88 Å². The van der Waals surface area contributed by atoms with Gasteiger partial charge < -0.3 is 10.1 Å². The summed E-state index contributed by atoms with van der Waals surface area (Å²) in [6, 6.07) is 10.3. The fourth-order valence-electron chi connectivity index (χ4n) is 2.16. The SMILES string of the molecule is Fc1ccccc1COc1ncccc1C1=NCCCN1. The standard InChI is InChI=1S/C16H16FN3O/c17-14-7-2-1-5-12(14)11-21-16-13(6-3-8-20-16)15-18-9-4-10-19-15/h1-3,5-8H,4,9-11H2,(H,18,19). The first-order valence-corrected chi connectivity index (χ1v) is 6.94. The maximum absolute atomic E-state index is 13.6. The Morgan fingerprint density at radius 1 is 1.19 bits per heavy atom. The van der Waals surface area contributed by atoms with Crippen LogP contribution in [-0.4, -0.2) is 23.9 Å². The molecular weight excluding hydrogens is 269 g/mol. The third-order valence-corrected chi connectivity index (χ3v) is 3.25. The average molecular weight is 285 g/mol. The molecule has 0 saturated carbocycles. The van der Waals surface area contributed by atoms with Crippen molar-refractivity contribution in [3.63, 3.8) is 0 Å². The lowest BCUT2D eigenvalue weighted by molar-refractivity contribution is 0.287. The Balaban J connectivity index is 1.80. The quantitative estimate of drug-likeness (QED) is 0.939. The van der Waals surface area contributed by atoms with Crippen LogP contribution in [0.3, 0.4) is 0 Å². The Labute approximate surface area is 122 Å². The van der Waals surface area contributed by atoms with Crippen LogP contribution in [0.15, 0.2) is 47.6 Å². The van der Waals surface area contributed by atoms with Crippen molar-refractivity contribution >= 4 is 5.84 Å². The molecule has 0 amide bonds. The number of hydrogen-bond acceptors (Lipinski definition) is 4. The Morgan fingerprint density at radius 3 is 2.90 bits per heavy atom. The van der Waals surface area contributed by atoms with Gasteiger partial charge in [0.15, 0.2) is 0 Å². The summed E-state index contributed by atoms with van der Waals surface area (Å²) in [5.74, 6) is 0.981. The minimum atomic E-state index is -0.275. The molecule has 0 bridgehead atoms. The van der Waals surface area contributed by atoms with Gasteiger partial charge in [-0.25, -0.2) is 9.37 Å². The Hall–Kier alpha value is -2.43. The second-order valence-electron chi connectivity index (χ2n) is 4.75. The van der Waals surface area contributed by atoms with Crippen LogP contribution >= 0.6 is 0 Å². The lowest BCUT2D eigenvalue weighted by Gasteiger charge is -2.17. The highest BCUT2D eigenvalue weighted by atomic mass is 19.1. The molecule has 0 fully saturated rings. The molecule has 3 rings (SSSR count). The van der Waals surface area contributed by atoms with Gasteiger partial charge in [-0.3, -0.25) is 4.99 Å². The van der Waals surface area contributed by atoms with Gasteiger partial charge in [0.25, 0.3) is 0 Å². The maximum Gasteiger partial charge on any atom is 0.224 e. The lowest BCUT2D eigenvalue weighted by atomic mass is 10.2. The van der Waals surface area contributed by atoms with Gasteiger partial charge in [0, 0.05) is 24.8 Å². The zero-order chi connectivity index (χ0) is 14.5. The summed E-state index contributed by atoms with van der Waals surface area (Å²) < 4.78 is 19.3. The first-order chi connectivity index (χ1) is 10.3. The van der Waals surface area contributed by atoms with E-state index in [1.807, 2.05) is 12.1 Å². The zero-order valence-corrected chi connectivity index (χ0v) is 11.6. The van der Waals surface area contributed by atoms with Crippen molar-refractivity contribution in [1.29, 1.82) is 0 Å². The smallest absolute Gasteiger partial charge is 0.224 e. The number of halogens is 1. The van der Waals surface area contributed by atoms with E-state index in [4.69, 9.17) is 4.74 Å². The normalized spacial score (nSPS) is 14.2. The van der Waals surface area contributed by atoms with Crippen LogP contribution in [-0.2, 0) is 6.61 Å². The number of aromatic nitrogens is 1. The number of amidine groups is 1. The van der Waals surface area contributed by atoms with Crippen LogP contribution in [0.2, 0.25) is 0 Å². The number of benzene rings is 1. The van der Waals surface area contributed by atoms with Crippen molar-refractivity contribution < 1.29 is 9.13 Å². The van der Waals surface area contributed by atoms with Gasteiger partial charge >= 0.3 is 0 Å². The summed E-state index contributed by atoms with van der Waals surface area (Å²) in [4.78, 5) is 8.68. The minimum absolute atomic E-state index is 0.143. The molecule has 1 aliphatic heterocycles. The Morgan fingerprint density at radius 2 is 2.10 bits per heavy atom. The van der Waals surface area contributed by atoms with Crippen LogP contribution < -0.4 is 10.1 Å². The van der Waals surface area contributed by atoms with Gasteiger partial charge in [-0.15, -0.1) is 0 Å². The molecule has 0 unspecified atom stereocenters. The van der Waals surface area contributed by atoms with E-state index in [1.54, 1.807) is 24.4 Å². The molecule has 1 aromatic carbocycles. The largest absolute Gasteiger partial charge is 0.472 e. The number of nitrogens with one attached hydrogen (secondary N) is 1. The number of aliphatic imine (C=N–C) groups is 1. The molecule has 108 valence electrons. The molecule has 2 heterocycles. The number of hydrogen-bond donors (Lipinski definition) is 1. The lowest BCUT2D eigenvalue weighted by Crippen LogP contribution is -2.30. The number of rotatable bonds is 4. The molecule has 1 aromatic heterocycles. The molecule has 5 heteroatoms. The molecule has 1 N–H and O–H groups in total. The Kier molecular flexibility index (Phi) is 4.09. The predicted molar refractivity (Wildman–Crippen MR) is 79.0 cm³/mol. The molecule has 4 nitrogen and oxygen atoms in total. The number of nitrogens with zero attached hydrogens (tertiary/aromatic N) is 2. The van der Waals surface area contributed by atoms with Gasteiger partial charge in [0.1, 0.15) is 18.3 Å². The first-order valence-electron chi connectivity index (χ1n) is 6.94. The summed E-state index contributed by atoms with van der Waals surface area (Å²) in [5.41, 5.74) is 1.32. The fourth-order valence-corrected chi connectivity index (χ4v) is 2.16. The number of ether oxygens (including phenoxy) is 1. The molecule has 0 atom stereocenters. The first kappa shape index (κ1) is 13.5. The molecule has 21 heavy (non-hydrogen) atoms. The topological polar surface area (TPSA) is 46.5 Å². The summed E-state index contributed by atoms with van der Waals surface area (Å²) in [5, 5.41) is 3.24. The molecule has 2 aromatic rings.